The van der Waals surface area contributed by atoms with Crippen LogP contribution in [0.5, 0.6) is 0 Å². The second-order valence-electron chi connectivity index (χ2n) is 7.28. The minimum atomic E-state index is -0.0596. The minimum Gasteiger partial charge on any atom is -0.281 e. The first-order chi connectivity index (χ1) is 10.8. The number of halogens is 1. The largest absolute Gasteiger partial charge is 0.281 e. The lowest BCUT2D eigenvalue weighted by Gasteiger charge is -2.25. The van der Waals surface area contributed by atoms with Gasteiger partial charge in [0.1, 0.15) is 0 Å². The van der Waals surface area contributed by atoms with Crippen LogP contribution >= 0.6 is 11.6 Å². The molecule has 0 spiro atoms. The van der Waals surface area contributed by atoms with E-state index in [4.69, 9.17) is 11.6 Å². The third-order valence-electron chi connectivity index (χ3n) is 5.38. The van der Waals surface area contributed by atoms with Gasteiger partial charge < -0.3 is 0 Å². The average Bonchev–Trinajstić information content (AvgIpc) is 2.52. The molecule has 22 heavy (non-hydrogen) atoms. The molecule has 0 amide bonds. The summed E-state index contributed by atoms with van der Waals surface area (Å²) in [7, 11) is 0. The summed E-state index contributed by atoms with van der Waals surface area (Å²) < 4.78 is 0. The molecule has 1 nitrogen and oxygen atoms in total. The first kappa shape index (κ1) is 20.0. The van der Waals surface area contributed by atoms with E-state index < -0.39 is 0 Å². The highest BCUT2D eigenvalue weighted by Gasteiger charge is 2.26. The van der Waals surface area contributed by atoms with Gasteiger partial charge in [0, 0.05) is 5.92 Å². The van der Waals surface area contributed by atoms with E-state index in [2.05, 4.69) is 6.92 Å². The lowest BCUT2D eigenvalue weighted by Crippen LogP contribution is -2.21. The van der Waals surface area contributed by atoms with Gasteiger partial charge in [-0.1, -0.05) is 90.4 Å². The van der Waals surface area contributed by atoms with Crippen LogP contribution in [0.2, 0.25) is 0 Å². The smallest absolute Gasteiger partial charge is 0.224 e. The van der Waals surface area contributed by atoms with Crippen molar-refractivity contribution in [3.05, 3.63) is 0 Å². The SMILES string of the molecule is CCCCCCCCC(C(=O)Cl)C1CCCCCCCCC1. The standard InChI is InChI=1S/C20H37ClO/c1-2-3-4-5-11-14-17-19(20(21)22)18-15-12-9-7-6-8-10-13-16-18/h18-19H,2-17H2,1H3. The highest BCUT2D eigenvalue weighted by atomic mass is 35.5. The van der Waals surface area contributed by atoms with E-state index in [0.717, 1.165) is 6.42 Å². The molecule has 1 aliphatic carbocycles. The fourth-order valence-corrected chi connectivity index (χ4v) is 4.21. The van der Waals surface area contributed by atoms with Crippen LogP contribution in [-0.2, 0) is 4.79 Å². The molecule has 0 saturated heterocycles. The van der Waals surface area contributed by atoms with Gasteiger partial charge in [0.05, 0.1) is 0 Å². The molecule has 1 saturated carbocycles. The summed E-state index contributed by atoms with van der Waals surface area (Å²) in [6, 6.07) is 0. The molecule has 1 unspecified atom stereocenters. The van der Waals surface area contributed by atoms with Gasteiger partial charge in [0.15, 0.2) is 0 Å². The van der Waals surface area contributed by atoms with E-state index in [9.17, 15) is 4.79 Å². The summed E-state index contributed by atoms with van der Waals surface area (Å²) in [6.07, 6.45) is 20.7. The first-order valence-electron chi connectivity index (χ1n) is 9.95. The predicted octanol–water partition coefficient (Wildman–Crippen LogP) is 7.26. The van der Waals surface area contributed by atoms with E-state index >= 15 is 0 Å². The maximum atomic E-state index is 11.9. The van der Waals surface area contributed by atoms with Crippen molar-refractivity contribution in [2.75, 3.05) is 0 Å². The Labute approximate surface area is 143 Å². The van der Waals surface area contributed by atoms with Crippen molar-refractivity contribution in [1.29, 1.82) is 0 Å². The molecule has 130 valence electrons. The van der Waals surface area contributed by atoms with Crippen molar-refractivity contribution < 1.29 is 4.79 Å². The van der Waals surface area contributed by atoms with E-state index in [0.29, 0.717) is 5.92 Å². The summed E-state index contributed by atoms with van der Waals surface area (Å²) in [5.74, 6) is 0.686. The van der Waals surface area contributed by atoms with Gasteiger partial charge in [-0.25, -0.2) is 0 Å². The molecule has 1 fully saturated rings. The second-order valence-corrected chi connectivity index (χ2v) is 7.65. The maximum Gasteiger partial charge on any atom is 0.224 e. The quantitative estimate of drug-likeness (QED) is 0.321. The lowest BCUT2D eigenvalue weighted by molar-refractivity contribution is -0.117. The van der Waals surface area contributed by atoms with Crippen molar-refractivity contribution in [1.82, 2.24) is 0 Å². The van der Waals surface area contributed by atoms with E-state index in [1.165, 1.54) is 96.3 Å². The molecule has 2 heteroatoms. The van der Waals surface area contributed by atoms with Gasteiger partial charge in [0.25, 0.3) is 0 Å². The third-order valence-corrected chi connectivity index (χ3v) is 5.66. The zero-order chi connectivity index (χ0) is 16.0. The van der Waals surface area contributed by atoms with Crippen molar-refractivity contribution in [3.8, 4) is 0 Å². The Morgan fingerprint density at radius 1 is 0.864 bits per heavy atom. The molecule has 0 bridgehead atoms. The molecule has 1 rings (SSSR count). The highest BCUT2D eigenvalue weighted by Crippen LogP contribution is 2.32. The monoisotopic (exact) mass is 328 g/mol. The summed E-state index contributed by atoms with van der Waals surface area (Å²) in [5.41, 5.74) is 0. The van der Waals surface area contributed by atoms with Crippen LogP contribution in [0, 0.1) is 11.8 Å². The van der Waals surface area contributed by atoms with Gasteiger partial charge in [-0.15, -0.1) is 0 Å². The molecule has 0 aromatic heterocycles. The van der Waals surface area contributed by atoms with Crippen LogP contribution in [0.4, 0.5) is 0 Å². The lowest BCUT2D eigenvalue weighted by atomic mass is 9.80. The predicted molar refractivity (Wildman–Crippen MR) is 97.4 cm³/mol. The second kappa shape index (κ2) is 13.4. The molecule has 0 aliphatic heterocycles. The summed E-state index contributed by atoms with van der Waals surface area (Å²) >= 11 is 5.97. The molecular formula is C20H37ClO. The molecule has 1 aliphatic rings. The highest BCUT2D eigenvalue weighted by molar-refractivity contribution is 6.64. The zero-order valence-corrected chi connectivity index (χ0v) is 15.5. The van der Waals surface area contributed by atoms with Crippen molar-refractivity contribution in [3.63, 3.8) is 0 Å². The Kier molecular flexibility index (Phi) is 12.2. The Morgan fingerprint density at radius 2 is 1.36 bits per heavy atom. The first-order valence-corrected chi connectivity index (χ1v) is 10.3. The van der Waals surface area contributed by atoms with Crippen LogP contribution < -0.4 is 0 Å². The molecule has 0 aromatic rings. The number of carbonyl (C=O) groups is 1. The number of carbonyl (C=O) groups excluding carboxylic acids is 1. The van der Waals surface area contributed by atoms with Crippen molar-refractivity contribution >= 4 is 16.8 Å². The fourth-order valence-electron chi connectivity index (χ4n) is 3.92. The summed E-state index contributed by atoms with van der Waals surface area (Å²) in [5, 5.41) is -0.0596. The Bertz CT molecular complexity index is 267. The van der Waals surface area contributed by atoms with Crippen LogP contribution in [-0.4, -0.2) is 5.24 Å². The molecule has 0 aromatic carbocycles. The van der Waals surface area contributed by atoms with E-state index in [1.54, 1.807) is 0 Å². The normalized spacial score (nSPS) is 19.7. The summed E-state index contributed by atoms with van der Waals surface area (Å²) in [6.45, 7) is 2.25. The minimum absolute atomic E-state index is 0.0596. The fraction of sp³-hybridized carbons (Fsp3) is 0.950. The average molecular weight is 329 g/mol. The van der Waals surface area contributed by atoms with Crippen LogP contribution in [0.3, 0.4) is 0 Å². The number of unbranched alkanes of at least 4 members (excludes halogenated alkanes) is 5. The Morgan fingerprint density at radius 3 is 1.91 bits per heavy atom. The number of hydrogen-bond acceptors (Lipinski definition) is 1. The van der Waals surface area contributed by atoms with Gasteiger partial charge in [-0.2, -0.15) is 0 Å². The van der Waals surface area contributed by atoms with Crippen LogP contribution in [0.25, 0.3) is 0 Å². The van der Waals surface area contributed by atoms with Crippen molar-refractivity contribution in [2.24, 2.45) is 11.8 Å². The molecule has 1 atom stereocenters. The number of hydrogen-bond donors (Lipinski definition) is 0. The maximum absolute atomic E-state index is 11.9. The van der Waals surface area contributed by atoms with Gasteiger partial charge in [0.2, 0.25) is 5.24 Å². The Hall–Kier alpha value is -0.0400. The van der Waals surface area contributed by atoms with E-state index in [-0.39, 0.29) is 11.2 Å². The van der Waals surface area contributed by atoms with Crippen LogP contribution in [0.1, 0.15) is 110 Å². The molecule has 0 heterocycles. The van der Waals surface area contributed by atoms with E-state index in [1.807, 2.05) is 0 Å². The van der Waals surface area contributed by atoms with Crippen LogP contribution in [0.15, 0.2) is 0 Å². The molecule has 0 radical (unpaired) electrons. The van der Waals surface area contributed by atoms with Gasteiger partial charge >= 0.3 is 0 Å². The van der Waals surface area contributed by atoms with Gasteiger partial charge in [-0.3, -0.25) is 4.79 Å². The molecule has 0 N–H and O–H groups in total. The molecular weight excluding hydrogens is 292 g/mol. The Balaban J connectivity index is 2.35. The van der Waals surface area contributed by atoms with Crippen molar-refractivity contribution in [2.45, 2.75) is 110 Å². The summed E-state index contributed by atoms with van der Waals surface area (Å²) in [4.78, 5) is 11.9. The zero-order valence-electron chi connectivity index (χ0n) is 14.8. The third kappa shape index (κ3) is 9.18. The number of rotatable bonds is 9. The van der Waals surface area contributed by atoms with Gasteiger partial charge in [-0.05, 0) is 36.8 Å². The topological polar surface area (TPSA) is 17.1 Å².